The second kappa shape index (κ2) is 5.00. The summed E-state index contributed by atoms with van der Waals surface area (Å²) in [5.41, 5.74) is 1.23. The molecule has 0 bridgehead atoms. The summed E-state index contributed by atoms with van der Waals surface area (Å²) >= 11 is 0. The molecule has 0 fully saturated rings. The molecular weight excluding hydrogens is 258 g/mol. The molecule has 0 aliphatic rings. The Balaban J connectivity index is 1.84. The third-order valence-electron chi connectivity index (χ3n) is 2.79. The van der Waals surface area contributed by atoms with E-state index in [1.54, 1.807) is 10.9 Å². The van der Waals surface area contributed by atoms with Gasteiger partial charge in [-0.25, -0.2) is 4.68 Å². The first-order valence-corrected chi connectivity index (χ1v) is 5.98. The second-order valence-electron chi connectivity index (χ2n) is 4.26. The monoisotopic (exact) mass is 269 g/mol. The molecule has 6 heteroatoms. The fraction of sp³-hybridized carbons (Fsp3) is 0.0714. The van der Waals surface area contributed by atoms with Gasteiger partial charge in [0.15, 0.2) is 5.75 Å². The summed E-state index contributed by atoms with van der Waals surface area (Å²) in [6.45, 7) is 0.273. The van der Waals surface area contributed by atoms with Crippen LogP contribution in [0, 0.1) is 0 Å². The van der Waals surface area contributed by atoms with Crippen LogP contribution in [0.25, 0.3) is 11.3 Å². The van der Waals surface area contributed by atoms with E-state index < -0.39 is 11.2 Å². The van der Waals surface area contributed by atoms with Gasteiger partial charge in [-0.05, 0) is 0 Å². The summed E-state index contributed by atoms with van der Waals surface area (Å²) in [7, 11) is 0. The maximum absolute atomic E-state index is 11.3. The highest BCUT2D eigenvalue weighted by Gasteiger charge is 2.06. The van der Waals surface area contributed by atoms with Crippen molar-refractivity contribution < 1.29 is 9.52 Å². The summed E-state index contributed by atoms with van der Waals surface area (Å²) < 4.78 is 6.69. The van der Waals surface area contributed by atoms with E-state index in [0.29, 0.717) is 5.76 Å². The summed E-state index contributed by atoms with van der Waals surface area (Å²) in [6.07, 6.45) is 2.79. The Bertz CT molecular complexity index is 778. The van der Waals surface area contributed by atoms with Gasteiger partial charge in [0.2, 0.25) is 5.43 Å². The molecule has 3 aromatic rings. The Hall–Kier alpha value is -2.89. The molecule has 2 aromatic heterocycles. The van der Waals surface area contributed by atoms with Gasteiger partial charge < -0.3 is 9.52 Å². The minimum Gasteiger partial charge on any atom is -0.502 e. The van der Waals surface area contributed by atoms with E-state index >= 15 is 0 Å². The third-order valence-corrected chi connectivity index (χ3v) is 2.79. The minimum atomic E-state index is -0.477. The Morgan fingerprint density at radius 1 is 1.25 bits per heavy atom. The molecule has 6 nitrogen and oxygen atoms in total. The smallest absolute Gasteiger partial charge is 0.226 e. The van der Waals surface area contributed by atoms with Gasteiger partial charge in [-0.2, -0.15) is 0 Å². The minimum absolute atomic E-state index is 0.273. The van der Waals surface area contributed by atoms with Crippen molar-refractivity contribution in [1.29, 1.82) is 0 Å². The number of aromatic nitrogens is 3. The fourth-order valence-corrected chi connectivity index (χ4v) is 1.80. The largest absolute Gasteiger partial charge is 0.502 e. The van der Waals surface area contributed by atoms with Crippen molar-refractivity contribution in [2.24, 2.45) is 0 Å². The summed E-state index contributed by atoms with van der Waals surface area (Å²) in [5.74, 6) is -0.00498. The normalized spacial score (nSPS) is 10.6. The predicted molar refractivity (Wildman–Crippen MR) is 71.2 cm³/mol. The van der Waals surface area contributed by atoms with Gasteiger partial charge in [0, 0.05) is 11.6 Å². The molecule has 2 heterocycles. The van der Waals surface area contributed by atoms with Gasteiger partial charge in [-0.1, -0.05) is 35.5 Å². The van der Waals surface area contributed by atoms with E-state index in [9.17, 15) is 4.79 Å². The van der Waals surface area contributed by atoms with Gasteiger partial charge in [-0.3, -0.25) is 4.79 Å². The van der Waals surface area contributed by atoms with E-state index in [-0.39, 0.29) is 6.54 Å². The maximum atomic E-state index is 11.3. The molecule has 20 heavy (non-hydrogen) atoms. The molecule has 3 rings (SSSR count). The molecule has 1 N–H and O–H groups in total. The topological polar surface area (TPSA) is 81.2 Å². The van der Waals surface area contributed by atoms with E-state index in [1.807, 2.05) is 30.3 Å². The van der Waals surface area contributed by atoms with Crippen molar-refractivity contribution in [1.82, 2.24) is 15.0 Å². The highest BCUT2D eigenvalue weighted by atomic mass is 16.4. The number of hydrogen-bond donors (Lipinski definition) is 1. The summed E-state index contributed by atoms with van der Waals surface area (Å²) in [5, 5.41) is 17.2. The van der Waals surface area contributed by atoms with Gasteiger partial charge >= 0.3 is 0 Å². The fourth-order valence-electron chi connectivity index (χ4n) is 1.80. The first kappa shape index (κ1) is 12.2. The molecule has 0 aliphatic carbocycles. The predicted octanol–water partition coefficient (Wildman–Crippen LogP) is 1.65. The van der Waals surface area contributed by atoms with E-state index in [2.05, 4.69) is 10.3 Å². The summed E-state index contributed by atoms with van der Waals surface area (Å²) in [6, 6.07) is 10.9. The molecule has 1 aromatic carbocycles. The number of rotatable bonds is 3. The van der Waals surface area contributed by atoms with E-state index in [0.717, 1.165) is 17.5 Å². The van der Waals surface area contributed by atoms with Gasteiger partial charge in [0.1, 0.15) is 24.3 Å². The van der Waals surface area contributed by atoms with E-state index in [4.69, 9.17) is 9.52 Å². The number of hydrogen-bond acceptors (Lipinski definition) is 5. The van der Waals surface area contributed by atoms with Crippen LogP contribution in [-0.2, 0) is 6.54 Å². The number of benzene rings is 1. The van der Waals surface area contributed by atoms with Crippen LogP contribution in [0.15, 0.2) is 58.1 Å². The first-order valence-electron chi connectivity index (χ1n) is 5.98. The average molecular weight is 269 g/mol. The molecule has 0 amide bonds. The molecule has 0 saturated heterocycles. The molecule has 0 saturated carbocycles. The SMILES string of the molecule is O=c1cc(Cn2cc(-c3ccccc3)nn2)occ1O. The first-order chi connectivity index (χ1) is 9.72. The second-order valence-corrected chi connectivity index (χ2v) is 4.26. The molecular formula is C14H11N3O3. The van der Waals surface area contributed by atoms with Gasteiger partial charge in [-0.15, -0.1) is 5.10 Å². The highest BCUT2D eigenvalue weighted by Crippen LogP contribution is 2.15. The Morgan fingerprint density at radius 3 is 2.80 bits per heavy atom. The Kier molecular flexibility index (Phi) is 3.04. The zero-order chi connectivity index (χ0) is 13.9. The highest BCUT2D eigenvalue weighted by molar-refractivity contribution is 5.57. The third kappa shape index (κ3) is 2.44. The number of aromatic hydroxyl groups is 1. The zero-order valence-electron chi connectivity index (χ0n) is 10.4. The zero-order valence-corrected chi connectivity index (χ0v) is 10.4. The van der Waals surface area contributed by atoms with Crippen molar-refractivity contribution in [3.8, 4) is 17.0 Å². The summed E-state index contributed by atoms with van der Waals surface area (Å²) in [4.78, 5) is 11.3. The van der Waals surface area contributed by atoms with Crippen LogP contribution in [0.2, 0.25) is 0 Å². The Morgan fingerprint density at radius 2 is 2.05 bits per heavy atom. The lowest BCUT2D eigenvalue weighted by Gasteiger charge is -1.99. The van der Waals surface area contributed by atoms with Crippen LogP contribution in [0.3, 0.4) is 0 Å². The van der Waals surface area contributed by atoms with E-state index in [1.165, 1.54) is 6.07 Å². The van der Waals surface area contributed by atoms with Crippen LogP contribution in [0.4, 0.5) is 0 Å². The standard InChI is InChI=1S/C14H11N3O3/c18-13-6-11(20-9-14(13)19)7-17-8-12(15-16-17)10-4-2-1-3-5-10/h1-6,8-9,19H,7H2. The Labute approximate surface area is 113 Å². The lowest BCUT2D eigenvalue weighted by Crippen LogP contribution is -2.05. The number of nitrogens with zero attached hydrogens (tertiary/aromatic N) is 3. The quantitative estimate of drug-likeness (QED) is 0.782. The molecule has 0 unspecified atom stereocenters. The van der Waals surface area contributed by atoms with Gasteiger partial charge in [0.25, 0.3) is 0 Å². The van der Waals surface area contributed by atoms with Crippen LogP contribution in [-0.4, -0.2) is 20.1 Å². The molecule has 0 spiro atoms. The molecule has 0 aliphatic heterocycles. The van der Waals surface area contributed by atoms with Crippen molar-refractivity contribution >= 4 is 0 Å². The molecule has 0 radical (unpaired) electrons. The van der Waals surface area contributed by atoms with Crippen LogP contribution < -0.4 is 5.43 Å². The van der Waals surface area contributed by atoms with Crippen LogP contribution >= 0.6 is 0 Å². The molecule has 100 valence electrons. The van der Waals surface area contributed by atoms with Crippen molar-refractivity contribution in [3.05, 3.63) is 64.8 Å². The lowest BCUT2D eigenvalue weighted by molar-refractivity contribution is 0.403. The van der Waals surface area contributed by atoms with Crippen molar-refractivity contribution in [2.75, 3.05) is 0 Å². The van der Waals surface area contributed by atoms with Gasteiger partial charge in [0.05, 0.1) is 6.20 Å². The van der Waals surface area contributed by atoms with Crippen molar-refractivity contribution in [2.45, 2.75) is 6.54 Å². The lowest BCUT2D eigenvalue weighted by atomic mass is 10.2. The van der Waals surface area contributed by atoms with Crippen molar-refractivity contribution in [3.63, 3.8) is 0 Å². The molecule has 0 atom stereocenters. The van der Waals surface area contributed by atoms with Crippen LogP contribution in [0.5, 0.6) is 5.75 Å². The van der Waals surface area contributed by atoms with Crippen LogP contribution in [0.1, 0.15) is 5.76 Å². The maximum Gasteiger partial charge on any atom is 0.226 e. The average Bonchev–Trinajstić information content (AvgIpc) is 2.92.